The lowest BCUT2D eigenvalue weighted by atomic mass is 10.1. The number of rotatable bonds is 5. The first kappa shape index (κ1) is 15.2. The molecular weight excluding hydrogens is 290 g/mol. The van der Waals surface area contributed by atoms with E-state index in [1.165, 1.54) is 5.56 Å². The molecule has 0 aliphatic heterocycles. The first-order chi connectivity index (χ1) is 11.1. The Balaban J connectivity index is 1.71. The van der Waals surface area contributed by atoms with Gasteiger partial charge in [-0.25, -0.2) is 4.98 Å². The van der Waals surface area contributed by atoms with Crippen LogP contribution < -0.4 is 5.32 Å². The molecule has 0 aliphatic rings. The number of nitrogens with zero attached hydrogens (tertiary/aromatic N) is 3. The Hall–Kier alpha value is -2.73. The number of carbonyl (C=O) groups excluding carboxylic acids is 1. The van der Waals surface area contributed by atoms with Crippen molar-refractivity contribution in [2.75, 3.05) is 14.1 Å². The highest BCUT2D eigenvalue weighted by Crippen LogP contribution is 2.12. The molecule has 23 heavy (non-hydrogen) atoms. The zero-order valence-corrected chi connectivity index (χ0v) is 13.2. The SMILES string of the molecule is CN(C)Cc1ccccc1CNC(=O)c1cc2cn[nH]c2cn1. The maximum atomic E-state index is 12.3. The zero-order valence-electron chi connectivity index (χ0n) is 13.2. The molecule has 1 aromatic carbocycles. The Kier molecular flexibility index (Phi) is 4.34. The maximum absolute atomic E-state index is 12.3. The van der Waals surface area contributed by atoms with Crippen LogP contribution in [0, 0.1) is 0 Å². The van der Waals surface area contributed by atoms with E-state index < -0.39 is 0 Å². The van der Waals surface area contributed by atoms with E-state index in [0.29, 0.717) is 12.2 Å². The maximum Gasteiger partial charge on any atom is 0.270 e. The molecule has 0 fully saturated rings. The van der Waals surface area contributed by atoms with Crippen molar-refractivity contribution in [2.24, 2.45) is 0 Å². The molecule has 6 heteroatoms. The molecule has 3 aromatic rings. The van der Waals surface area contributed by atoms with E-state index in [4.69, 9.17) is 0 Å². The highest BCUT2D eigenvalue weighted by atomic mass is 16.1. The second-order valence-electron chi connectivity index (χ2n) is 5.72. The number of pyridine rings is 1. The number of carbonyl (C=O) groups is 1. The van der Waals surface area contributed by atoms with Crippen LogP contribution in [0.15, 0.2) is 42.7 Å². The van der Waals surface area contributed by atoms with Crippen LogP contribution in [-0.4, -0.2) is 40.1 Å². The Morgan fingerprint density at radius 1 is 1.22 bits per heavy atom. The van der Waals surface area contributed by atoms with Gasteiger partial charge in [0.1, 0.15) is 5.69 Å². The second kappa shape index (κ2) is 6.58. The highest BCUT2D eigenvalue weighted by molar-refractivity contribution is 5.95. The summed E-state index contributed by atoms with van der Waals surface area (Å²) in [5.41, 5.74) is 3.52. The van der Waals surface area contributed by atoms with Crippen LogP contribution in [0.5, 0.6) is 0 Å². The minimum absolute atomic E-state index is 0.187. The van der Waals surface area contributed by atoms with Gasteiger partial charge in [-0.05, 0) is 31.3 Å². The molecule has 0 radical (unpaired) electrons. The number of hydrogen-bond donors (Lipinski definition) is 2. The van der Waals surface area contributed by atoms with Crippen LogP contribution in [0.25, 0.3) is 10.9 Å². The van der Waals surface area contributed by atoms with Crippen LogP contribution in [0.2, 0.25) is 0 Å². The van der Waals surface area contributed by atoms with Gasteiger partial charge in [-0.15, -0.1) is 0 Å². The molecule has 6 nitrogen and oxygen atoms in total. The van der Waals surface area contributed by atoms with Gasteiger partial charge in [0.15, 0.2) is 0 Å². The number of benzene rings is 1. The molecule has 0 atom stereocenters. The summed E-state index contributed by atoms with van der Waals surface area (Å²) in [6, 6.07) is 9.85. The molecule has 0 saturated carbocycles. The molecule has 3 rings (SSSR count). The van der Waals surface area contributed by atoms with E-state index in [1.807, 2.05) is 32.3 Å². The van der Waals surface area contributed by atoms with Crippen LogP contribution in [0.3, 0.4) is 0 Å². The van der Waals surface area contributed by atoms with Crippen molar-refractivity contribution in [3.8, 4) is 0 Å². The number of amides is 1. The summed E-state index contributed by atoms with van der Waals surface area (Å²) in [6.07, 6.45) is 3.30. The number of aromatic amines is 1. The molecule has 2 aromatic heterocycles. The van der Waals surface area contributed by atoms with E-state index in [-0.39, 0.29) is 5.91 Å². The Morgan fingerprint density at radius 2 is 2.00 bits per heavy atom. The lowest BCUT2D eigenvalue weighted by molar-refractivity contribution is 0.0946. The minimum atomic E-state index is -0.187. The van der Waals surface area contributed by atoms with Crippen molar-refractivity contribution in [1.82, 2.24) is 25.4 Å². The van der Waals surface area contributed by atoms with Gasteiger partial charge in [-0.2, -0.15) is 5.10 Å². The third-order valence-electron chi connectivity index (χ3n) is 3.60. The first-order valence-electron chi connectivity index (χ1n) is 7.42. The predicted octanol–water partition coefficient (Wildman–Crippen LogP) is 1.95. The summed E-state index contributed by atoms with van der Waals surface area (Å²) in [6.45, 7) is 1.32. The molecule has 0 bridgehead atoms. The second-order valence-corrected chi connectivity index (χ2v) is 5.72. The van der Waals surface area contributed by atoms with E-state index in [2.05, 4.69) is 31.5 Å². The number of fused-ring (bicyclic) bond motifs is 1. The molecule has 0 aliphatic carbocycles. The summed E-state index contributed by atoms with van der Waals surface area (Å²) in [5, 5.41) is 10.6. The zero-order chi connectivity index (χ0) is 16.2. The first-order valence-corrected chi connectivity index (χ1v) is 7.42. The average molecular weight is 309 g/mol. The summed E-state index contributed by atoms with van der Waals surface area (Å²) in [5.74, 6) is -0.187. The quantitative estimate of drug-likeness (QED) is 0.755. The number of H-pyrrole nitrogens is 1. The summed E-state index contributed by atoms with van der Waals surface area (Å²) >= 11 is 0. The minimum Gasteiger partial charge on any atom is -0.347 e. The number of hydrogen-bond acceptors (Lipinski definition) is 4. The van der Waals surface area contributed by atoms with E-state index in [1.54, 1.807) is 18.5 Å². The van der Waals surface area contributed by atoms with Gasteiger partial charge in [0.25, 0.3) is 5.91 Å². The van der Waals surface area contributed by atoms with Gasteiger partial charge in [0, 0.05) is 18.5 Å². The van der Waals surface area contributed by atoms with Gasteiger partial charge >= 0.3 is 0 Å². The van der Waals surface area contributed by atoms with Crippen molar-refractivity contribution in [3.63, 3.8) is 0 Å². The van der Waals surface area contributed by atoms with Gasteiger partial charge in [-0.3, -0.25) is 9.89 Å². The fraction of sp³-hybridized carbons (Fsp3) is 0.235. The van der Waals surface area contributed by atoms with Crippen LogP contribution >= 0.6 is 0 Å². The van der Waals surface area contributed by atoms with Crippen LogP contribution in [0.1, 0.15) is 21.6 Å². The van der Waals surface area contributed by atoms with Gasteiger partial charge in [0.05, 0.1) is 17.9 Å². The number of nitrogens with one attached hydrogen (secondary N) is 2. The largest absolute Gasteiger partial charge is 0.347 e. The fourth-order valence-corrected chi connectivity index (χ4v) is 2.46. The van der Waals surface area contributed by atoms with Crippen molar-refractivity contribution in [2.45, 2.75) is 13.1 Å². The third-order valence-corrected chi connectivity index (χ3v) is 3.60. The van der Waals surface area contributed by atoms with E-state index >= 15 is 0 Å². The van der Waals surface area contributed by atoms with E-state index in [9.17, 15) is 4.79 Å². The smallest absolute Gasteiger partial charge is 0.270 e. The number of aromatic nitrogens is 3. The van der Waals surface area contributed by atoms with Crippen molar-refractivity contribution in [1.29, 1.82) is 0 Å². The summed E-state index contributed by atoms with van der Waals surface area (Å²) < 4.78 is 0. The van der Waals surface area contributed by atoms with Gasteiger partial charge < -0.3 is 10.2 Å². The fourth-order valence-electron chi connectivity index (χ4n) is 2.46. The normalized spacial score (nSPS) is 11.1. The van der Waals surface area contributed by atoms with Gasteiger partial charge in [-0.1, -0.05) is 24.3 Å². The van der Waals surface area contributed by atoms with Crippen molar-refractivity contribution in [3.05, 3.63) is 59.5 Å². The molecule has 2 heterocycles. The summed E-state index contributed by atoms with van der Waals surface area (Å²) in [7, 11) is 4.05. The Bertz CT molecular complexity index is 824. The predicted molar refractivity (Wildman–Crippen MR) is 88.9 cm³/mol. The molecule has 1 amide bonds. The molecule has 0 unspecified atom stereocenters. The molecule has 118 valence electrons. The standard InChI is InChI=1S/C17H19N5O/c1-22(2)11-13-6-4-3-5-12(13)8-19-17(23)15-7-14-9-20-21-16(14)10-18-15/h3-7,9-10H,8,11H2,1-2H3,(H,19,23)(H,20,21). The Morgan fingerprint density at radius 3 is 2.78 bits per heavy atom. The molecule has 0 spiro atoms. The van der Waals surface area contributed by atoms with Crippen LogP contribution in [-0.2, 0) is 13.1 Å². The van der Waals surface area contributed by atoms with Crippen LogP contribution in [0.4, 0.5) is 0 Å². The van der Waals surface area contributed by atoms with Gasteiger partial charge in [0.2, 0.25) is 0 Å². The van der Waals surface area contributed by atoms with Crippen molar-refractivity contribution < 1.29 is 4.79 Å². The lowest BCUT2D eigenvalue weighted by Crippen LogP contribution is -2.25. The molecule has 2 N–H and O–H groups in total. The highest BCUT2D eigenvalue weighted by Gasteiger charge is 2.10. The van der Waals surface area contributed by atoms with E-state index in [0.717, 1.165) is 23.0 Å². The molecule has 0 saturated heterocycles. The Labute approximate surface area is 134 Å². The average Bonchev–Trinajstić information content (AvgIpc) is 3.00. The lowest BCUT2D eigenvalue weighted by Gasteiger charge is -2.14. The monoisotopic (exact) mass is 309 g/mol. The van der Waals surface area contributed by atoms with Crippen molar-refractivity contribution >= 4 is 16.8 Å². The topological polar surface area (TPSA) is 73.9 Å². The molecular formula is C17H19N5O. The third kappa shape index (κ3) is 3.54. The summed E-state index contributed by atoms with van der Waals surface area (Å²) in [4.78, 5) is 18.6.